The minimum absolute atomic E-state index is 0.273. The van der Waals surface area contributed by atoms with Gasteiger partial charge in [0.1, 0.15) is 11.3 Å². The van der Waals surface area contributed by atoms with Crippen LogP contribution in [-0.2, 0) is 0 Å². The van der Waals surface area contributed by atoms with Crippen molar-refractivity contribution in [2.45, 2.75) is 0 Å². The van der Waals surface area contributed by atoms with Crippen molar-refractivity contribution in [1.82, 2.24) is 20.2 Å². The van der Waals surface area contributed by atoms with Gasteiger partial charge in [-0.25, -0.2) is 5.43 Å². The lowest BCUT2D eigenvalue weighted by Crippen LogP contribution is -2.00. The third-order valence-corrected chi connectivity index (χ3v) is 4.23. The lowest BCUT2D eigenvalue weighted by atomic mass is 10.2. The van der Waals surface area contributed by atoms with Crippen molar-refractivity contribution in [1.29, 1.82) is 0 Å². The fourth-order valence-corrected chi connectivity index (χ4v) is 2.88. The second kappa shape index (κ2) is 7.39. The number of H-pyrrole nitrogens is 1. The van der Waals surface area contributed by atoms with Crippen LogP contribution in [0, 0.1) is 0 Å². The van der Waals surface area contributed by atoms with Crippen LogP contribution < -0.4 is 19.6 Å². The van der Waals surface area contributed by atoms with Crippen LogP contribution >= 0.6 is 0 Å². The predicted molar refractivity (Wildman–Crippen MR) is 107 cm³/mol. The number of fused-ring (bicyclic) bond motifs is 3. The average Bonchev–Trinajstić information content (AvgIpc) is 3.11. The summed E-state index contributed by atoms with van der Waals surface area (Å²) >= 11 is 0. The summed E-state index contributed by atoms with van der Waals surface area (Å²) < 4.78 is 16.0. The molecule has 0 saturated heterocycles. The lowest BCUT2D eigenvalue weighted by molar-refractivity contribution is 0.349. The zero-order valence-electron chi connectivity index (χ0n) is 15.6. The molecule has 0 aliphatic rings. The van der Waals surface area contributed by atoms with E-state index in [2.05, 4.69) is 30.7 Å². The highest BCUT2D eigenvalue weighted by Crippen LogP contribution is 2.33. The Hall–Kier alpha value is -3.88. The topological polar surface area (TPSA) is 107 Å². The molecular formula is C19H18N6O3. The maximum Gasteiger partial charge on any atom is 0.265 e. The minimum atomic E-state index is 0.273. The van der Waals surface area contributed by atoms with Gasteiger partial charge in [0, 0.05) is 22.5 Å². The van der Waals surface area contributed by atoms with Gasteiger partial charge in [-0.05, 0) is 12.1 Å². The summed E-state index contributed by atoms with van der Waals surface area (Å²) in [5.41, 5.74) is 5.79. The van der Waals surface area contributed by atoms with Crippen molar-refractivity contribution in [2.24, 2.45) is 5.10 Å². The van der Waals surface area contributed by atoms with Crippen LogP contribution in [0.15, 0.2) is 41.5 Å². The third kappa shape index (κ3) is 3.13. The molecule has 0 bridgehead atoms. The van der Waals surface area contributed by atoms with E-state index in [9.17, 15) is 0 Å². The Bertz CT molecular complexity index is 1170. The van der Waals surface area contributed by atoms with Gasteiger partial charge < -0.3 is 19.2 Å². The molecule has 142 valence electrons. The van der Waals surface area contributed by atoms with E-state index in [1.54, 1.807) is 39.7 Å². The van der Waals surface area contributed by atoms with E-state index in [0.29, 0.717) is 34.0 Å². The van der Waals surface area contributed by atoms with E-state index >= 15 is 0 Å². The maximum atomic E-state index is 5.38. The second-order valence-electron chi connectivity index (χ2n) is 5.82. The van der Waals surface area contributed by atoms with Gasteiger partial charge in [-0.1, -0.05) is 18.2 Å². The van der Waals surface area contributed by atoms with Crippen LogP contribution in [0.1, 0.15) is 5.56 Å². The maximum absolute atomic E-state index is 5.38. The summed E-state index contributed by atoms with van der Waals surface area (Å²) in [4.78, 5) is 7.63. The van der Waals surface area contributed by atoms with E-state index in [0.717, 1.165) is 10.9 Å². The molecule has 9 nitrogen and oxygen atoms in total. The third-order valence-electron chi connectivity index (χ3n) is 4.23. The van der Waals surface area contributed by atoms with Gasteiger partial charge in [0.25, 0.3) is 5.95 Å². The fourth-order valence-electron chi connectivity index (χ4n) is 2.88. The smallest absolute Gasteiger partial charge is 0.265 e. The van der Waals surface area contributed by atoms with Crippen molar-refractivity contribution in [2.75, 3.05) is 26.8 Å². The molecular weight excluding hydrogens is 360 g/mol. The molecule has 2 aromatic heterocycles. The number of benzene rings is 2. The van der Waals surface area contributed by atoms with Gasteiger partial charge in [-0.15, -0.1) is 10.2 Å². The molecule has 0 unspecified atom stereocenters. The first kappa shape index (κ1) is 17.5. The fraction of sp³-hybridized carbons (Fsp3) is 0.158. The van der Waals surface area contributed by atoms with Crippen LogP contribution in [0.5, 0.6) is 17.2 Å². The van der Waals surface area contributed by atoms with E-state index in [1.807, 2.05) is 24.3 Å². The van der Waals surface area contributed by atoms with Gasteiger partial charge in [0.2, 0.25) is 0 Å². The molecule has 9 heteroatoms. The van der Waals surface area contributed by atoms with E-state index < -0.39 is 0 Å². The number of anilines is 1. The van der Waals surface area contributed by atoms with Gasteiger partial charge in [0.15, 0.2) is 17.1 Å². The van der Waals surface area contributed by atoms with Crippen molar-refractivity contribution < 1.29 is 14.2 Å². The molecule has 0 aliphatic carbocycles. The SMILES string of the molecule is COc1cc(OC)c(OC)cc1C=NNc1nnc2c(n1)[nH]c1ccccc12. The molecule has 0 fully saturated rings. The van der Waals surface area contributed by atoms with Crippen molar-refractivity contribution in [3.8, 4) is 17.2 Å². The standard InChI is InChI=1S/C19H18N6O3/c1-26-14-9-16(28-3)15(27-2)8-11(14)10-20-24-19-22-18-17(23-25-19)12-6-4-5-7-13(12)21-18/h4-10H,1-3H3,(H2,21,22,24,25). The molecule has 0 spiro atoms. The quantitative estimate of drug-likeness (QED) is 0.392. The first-order valence-corrected chi connectivity index (χ1v) is 8.43. The Morgan fingerprint density at radius 3 is 2.50 bits per heavy atom. The minimum Gasteiger partial charge on any atom is -0.496 e. The Morgan fingerprint density at radius 1 is 0.964 bits per heavy atom. The predicted octanol–water partition coefficient (Wildman–Crippen LogP) is 2.98. The van der Waals surface area contributed by atoms with Crippen LogP contribution in [0.4, 0.5) is 5.95 Å². The Labute approximate surface area is 160 Å². The first-order chi connectivity index (χ1) is 13.7. The molecule has 0 radical (unpaired) electrons. The monoisotopic (exact) mass is 378 g/mol. The van der Waals surface area contributed by atoms with Crippen LogP contribution in [0.25, 0.3) is 22.1 Å². The molecule has 2 heterocycles. The number of aromatic nitrogens is 4. The van der Waals surface area contributed by atoms with Crippen molar-refractivity contribution in [3.63, 3.8) is 0 Å². The number of ether oxygens (including phenoxy) is 3. The number of methoxy groups -OCH3 is 3. The van der Waals surface area contributed by atoms with E-state index in [-0.39, 0.29) is 5.95 Å². The number of hydrogen-bond donors (Lipinski definition) is 2. The summed E-state index contributed by atoms with van der Waals surface area (Å²) in [5, 5.41) is 13.5. The molecule has 0 amide bonds. The molecule has 2 N–H and O–H groups in total. The Balaban J connectivity index is 1.60. The Kier molecular flexibility index (Phi) is 4.63. The molecule has 4 rings (SSSR count). The van der Waals surface area contributed by atoms with Crippen LogP contribution in [0.3, 0.4) is 0 Å². The summed E-state index contributed by atoms with van der Waals surface area (Å²) in [6.07, 6.45) is 1.58. The summed E-state index contributed by atoms with van der Waals surface area (Å²) in [6.45, 7) is 0. The number of nitrogens with zero attached hydrogens (tertiary/aromatic N) is 4. The van der Waals surface area contributed by atoms with Gasteiger partial charge in [-0.3, -0.25) is 0 Å². The Morgan fingerprint density at radius 2 is 1.71 bits per heavy atom. The summed E-state index contributed by atoms with van der Waals surface area (Å²) in [5.74, 6) is 2.01. The van der Waals surface area contributed by atoms with E-state index in [4.69, 9.17) is 14.2 Å². The average molecular weight is 378 g/mol. The number of hydrogen-bond acceptors (Lipinski definition) is 8. The number of nitrogens with one attached hydrogen (secondary N) is 2. The van der Waals surface area contributed by atoms with Crippen LogP contribution in [-0.4, -0.2) is 47.7 Å². The largest absolute Gasteiger partial charge is 0.496 e. The molecule has 0 aliphatic heterocycles. The lowest BCUT2D eigenvalue weighted by Gasteiger charge is -2.11. The molecule has 28 heavy (non-hydrogen) atoms. The summed E-state index contributed by atoms with van der Waals surface area (Å²) in [7, 11) is 4.71. The highest BCUT2D eigenvalue weighted by atomic mass is 16.5. The normalized spacial score (nSPS) is 11.2. The van der Waals surface area contributed by atoms with Crippen molar-refractivity contribution in [3.05, 3.63) is 42.0 Å². The van der Waals surface area contributed by atoms with Crippen molar-refractivity contribution >= 4 is 34.2 Å². The zero-order chi connectivity index (χ0) is 19.5. The molecule has 0 atom stereocenters. The van der Waals surface area contributed by atoms with Gasteiger partial charge in [-0.2, -0.15) is 10.1 Å². The number of aromatic amines is 1. The number of hydrazone groups is 1. The zero-order valence-corrected chi connectivity index (χ0v) is 15.6. The summed E-state index contributed by atoms with van der Waals surface area (Å²) in [6, 6.07) is 11.3. The molecule has 2 aromatic carbocycles. The highest BCUT2D eigenvalue weighted by Gasteiger charge is 2.11. The number of para-hydroxylation sites is 1. The first-order valence-electron chi connectivity index (χ1n) is 8.43. The molecule has 4 aromatic rings. The van der Waals surface area contributed by atoms with E-state index in [1.165, 1.54) is 0 Å². The van der Waals surface area contributed by atoms with Crippen LogP contribution in [0.2, 0.25) is 0 Å². The second-order valence-corrected chi connectivity index (χ2v) is 5.82. The van der Waals surface area contributed by atoms with Gasteiger partial charge in [0.05, 0.1) is 27.5 Å². The van der Waals surface area contributed by atoms with Gasteiger partial charge >= 0.3 is 0 Å². The molecule has 0 saturated carbocycles. The highest BCUT2D eigenvalue weighted by molar-refractivity contribution is 6.03. The number of rotatable bonds is 6.